The molecule has 0 spiro atoms. The maximum atomic E-state index is 4.71. The topological polar surface area (TPSA) is 31.4 Å². The second-order valence-electron chi connectivity index (χ2n) is 5.95. The zero-order valence-corrected chi connectivity index (χ0v) is 13.3. The van der Waals surface area contributed by atoms with E-state index in [-0.39, 0.29) is 0 Å². The molecule has 1 aromatic heterocycles. The Morgan fingerprint density at radius 3 is 3.00 bits per heavy atom. The molecule has 1 aliphatic rings. The molecule has 0 aliphatic carbocycles. The SMILES string of the molecule is CC(C)NCc1csc(N(C)CC2CCN(C)C2)n1. The molecule has 2 rings (SSSR count). The highest BCUT2D eigenvalue weighted by atomic mass is 32.1. The van der Waals surface area contributed by atoms with Gasteiger partial charge in [0.05, 0.1) is 5.69 Å². The largest absolute Gasteiger partial charge is 0.351 e. The van der Waals surface area contributed by atoms with Crippen LogP contribution in [-0.2, 0) is 6.54 Å². The maximum absolute atomic E-state index is 4.71. The zero-order valence-electron chi connectivity index (χ0n) is 12.5. The normalized spacial score (nSPS) is 20.4. The van der Waals surface area contributed by atoms with Gasteiger partial charge in [-0.05, 0) is 25.9 Å². The van der Waals surface area contributed by atoms with Crippen molar-refractivity contribution in [2.45, 2.75) is 32.9 Å². The molecule has 1 aliphatic heterocycles. The third-order valence-corrected chi connectivity index (χ3v) is 4.58. The lowest BCUT2D eigenvalue weighted by Crippen LogP contribution is -2.27. The molecule has 1 saturated heterocycles. The zero-order chi connectivity index (χ0) is 13.8. The fraction of sp³-hybridized carbons (Fsp3) is 0.786. The van der Waals surface area contributed by atoms with Gasteiger partial charge < -0.3 is 15.1 Å². The van der Waals surface area contributed by atoms with E-state index in [0.29, 0.717) is 6.04 Å². The summed E-state index contributed by atoms with van der Waals surface area (Å²) in [4.78, 5) is 9.44. The van der Waals surface area contributed by atoms with Crippen molar-refractivity contribution in [2.24, 2.45) is 5.92 Å². The smallest absolute Gasteiger partial charge is 0.185 e. The van der Waals surface area contributed by atoms with Crippen molar-refractivity contribution in [3.8, 4) is 0 Å². The van der Waals surface area contributed by atoms with E-state index in [1.807, 2.05) is 0 Å². The molecule has 1 fully saturated rings. The molecule has 108 valence electrons. The summed E-state index contributed by atoms with van der Waals surface area (Å²) in [6.45, 7) is 8.77. The molecule has 19 heavy (non-hydrogen) atoms. The van der Waals surface area contributed by atoms with Crippen LogP contribution in [0.4, 0.5) is 5.13 Å². The summed E-state index contributed by atoms with van der Waals surface area (Å²) in [6, 6.07) is 0.511. The standard InChI is InChI=1S/C14H26N4S/c1-11(2)15-7-13-10-19-14(16-13)18(4)9-12-5-6-17(3)8-12/h10-12,15H,5-9H2,1-4H3. The quantitative estimate of drug-likeness (QED) is 0.865. The highest BCUT2D eigenvalue weighted by Gasteiger charge is 2.21. The minimum absolute atomic E-state index is 0.511. The van der Waals surface area contributed by atoms with Crippen LogP contribution in [0.2, 0.25) is 0 Å². The Balaban J connectivity index is 1.83. The first-order valence-electron chi connectivity index (χ1n) is 7.12. The molecule has 1 aromatic rings. The van der Waals surface area contributed by atoms with Crippen LogP contribution in [0.25, 0.3) is 0 Å². The number of thiazole rings is 1. The van der Waals surface area contributed by atoms with Crippen LogP contribution in [0.1, 0.15) is 26.0 Å². The number of nitrogens with zero attached hydrogens (tertiary/aromatic N) is 3. The lowest BCUT2D eigenvalue weighted by Gasteiger charge is -2.20. The second kappa shape index (κ2) is 6.68. The van der Waals surface area contributed by atoms with Crippen LogP contribution < -0.4 is 10.2 Å². The second-order valence-corrected chi connectivity index (χ2v) is 6.79. The van der Waals surface area contributed by atoms with E-state index >= 15 is 0 Å². The van der Waals surface area contributed by atoms with Crippen LogP contribution in [0.3, 0.4) is 0 Å². The average Bonchev–Trinajstić information content (AvgIpc) is 2.95. The molecule has 4 nitrogen and oxygen atoms in total. The predicted molar refractivity (Wildman–Crippen MR) is 83.0 cm³/mol. The van der Waals surface area contributed by atoms with Crippen LogP contribution in [0, 0.1) is 5.92 Å². The summed E-state index contributed by atoms with van der Waals surface area (Å²) >= 11 is 1.75. The summed E-state index contributed by atoms with van der Waals surface area (Å²) in [5.41, 5.74) is 1.16. The van der Waals surface area contributed by atoms with E-state index < -0.39 is 0 Å². The van der Waals surface area contributed by atoms with Gasteiger partial charge in [-0.1, -0.05) is 13.8 Å². The van der Waals surface area contributed by atoms with Gasteiger partial charge in [-0.2, -0.15) is 0 Å². The molecule has 1 N–H and O–H groups in total. The van der Waals surface area contributed by atoms with E-state index in [9.17, 15) is 0 Å². The monoisotopic (exact) mass is 282 g/mol. The highest BCUT2D eigenvalue weighted by molar-refractivity contribution is 7.13. The first-order chi connectivity index (χ1) is 9.04. The lowest BCUT2D eigenvalue weighted by molar-refractivity contribution is 0.396. The Bertz CT molecular complexity index is 391. The van der Waals surface area contributed by atoms with E-state index in [0.717, 1.165) is 29.8 Å². The fourth-order valence-electron chi connectivity index (χ4n) is 2.50. The third-order valence-electron chi connectivity index (χ3n) is 3.58. The Hall–Kier alpha value is -0.650. The lowest BCUT2D eigenvalue weighted by atomic mass is 10.1. The molecule has 1 unspecified atom stereocenters. The van der Waals surface area contributed by atoms with Gasteiger partial charge >= 0.3 is 0 Å². The van der Waals surface area contributed by atoms with Crippen molar-refractivity contribution in [3.05, 3.63) is 11.1 Å². The Morgan fingerprint density at radius 2 is 2.37 bits per heavy atom. The maximum Gasteiger partial charge on any atom is 0.185 e. The molecule has 1 atom stereocenters. The first kappa shape index (κ1) is 14.8. The van der Waals surface area contributed by atoms with E-state index in [1.165, 1.54) is 19.5 Å². The van der Waals surface area contributed by atoms with E-state index in [2.05, 4.69) is 48.4 Å². The number of hydrogen-bond acceptors (Lipinski definition) is 5. The summed E-state index contributed by atoms with van der Waals surface area (Å²) in [5, 5.41) is 6.73. The van der Waals surface area contributed by atoms with Gasteiger partial charge in [0.1, 0.15) is 0 Å². The van der Waals surface area contributed by atoms with Crippen molar-refractivity contribution in [1.29, 1.82) is 0 Å². The van der Waals surface area contributed by atoms with Gasteiger partial charge in [-0.15, -0.1) is 11.3 Å². The van der Waals surface area contributed by atoms with Crippen LogP contribution >= 0.6 is 11.3 Å². The highest BCUT2D eigenvalue weighted by Crippen LogP contribution is 2.23. The minimum atomic E-state index is 0.511. The van der Waals surface area contributed by atoms with Crippen LogP contribution in [0.15, 0.2) is 5.38 Å². The van der Waals surface area contributed by atoms with Crippen molar-refractivity contribution in [3.63, 3.8) is 0 Å². The number of hydrogen-bond donors (Lipinski definition) is 1. The predicted octanol–water partition coefficient (Wildman–Crippen LogP) is 2.03. The number of likely N-dealkylation sites (tertiary alicyclic amines) is 1. The van der Waals surface area contributed by atoms with Gasteiger partial charge in [0.2, 0.25) is 0 Å². The van der Waals surface area contributed by atoms with Crippen LogP contribution in [-0.4, -0.2) is 49.7 Å². The van der Waals surface area contributed by atoms with Crippen molar-refractivity contribution in [2.75, 3.05) is 38.6 Å². The van der Waals surface area contributed by atoms with Gasteiger partial charge in [0.15, 0.2) is 5.13 Å². The van der Waals surface area contributed by atoms with E-state index in [1.54, 1.807) is 11.3 Å². The molecule has 0 amide bonds. The molecular formula is C14H26N4S. The van der Waals surface area contributed by atoms with Crippen molar-refractivity contribution in [1.82, 2.24) is 15.2 Å². The van der Waals surface area contributed by atoms with Gasteiger partial charge in [0.25, 0.3) is 0 Å². The molecule has 0 saturated carbocycles. The first-order valence-corrected chi connectivity index (χ1v) is 8.00. The molecular weight excluding hydrogens is 256 g/mol. The minimum Gasteiger partial charge on any atom is -0.351 e. The summed E-state index contributed by atoms with van der Waals surface area (Å²) < 4.78 is 0. The van der Waals surface area contributed by atoms with Gasteiger partial charge in [-0.3, -0.25) is 0 Å². The van der Waals surface area contributed by atoms with Crippen molar-refractivity contribution >= 4 is 16.5 Å². The average molecular weight is 282 g/mol. The number of anilines is 1. The molecule has 0 bridgehead atoms. The number of nitrogens with one attached hydrogen (secondary N) is 1. The summed E-state index contributed by atoms with van der Waals surface area (Å²) in [5.74, 6) is 0.788. The molecule has 5 heteroatoms. The third kappa shape index (κ3) is 4.44. The Kier molecular flexibility index (Phi) is 5.19. The number of aromatic nitrogens is 1. The van der Waals surface area contributed by atoms with Crippen molar-refractivity contribution < 1.29 is 0 Å². The van der Waals surface area contributed by atoms with E-state index in [4.69, 9.17) is 4.98 Å². The Morgan fingerprint density at radius 1 is 1.58 bits per heavy atom. The Labute approximate surface area is 120 Å². The number of rotatable bonds is 6. The fourth-order valence-corrected chi connectivity index (χ4v) is 3.30. The molecule has 0 radical (unpaired) electrons. The van der Waals surface area contributed by atoms with Gasteiger partial charge in [-0.25, -0.2) is 4.98 Å². The van der Waals surface area contributed by atoms with Crippen LogP contribution in [0.5, 0.6) is 0 Å². The molecule has 0 aromatic carbocycles. The molecule has 2 heterocycles. The van der Waals surface area contributed by atoms with Gasteiger partial charge in [0, 0.05) is 38.1 Å². The summed E-state index contributed by atoms with van der Waals surface area (Å²) in [6.07, 6.45) is 1.31. The summed E-state index contributed by atoms with van der Waals surface area (Å²) in [7, 11) is 4.37.